The largest absolute Gasteiger partial charge is 0.364 e. The van der Waals surface area contributed by atoms with Gasteiger partial charge in [0.05, 0.1) is 16.4 Å². The number of nitrogens with two attached hydrogens (primary N) is 1. The number of carbonyl (C=O) groups is 1. The predicted octanol–water partition coefficient (Wildman–Crippen LogP) is -0.477. The summed E-state index contributed by atoms with van der Waals surface area (Å²) in [6.45, 7) is 0. The van der Waals surface area contributed by atoms with Crippen LogP contribution in [0, 0.1) is 0 Å². The molecule has 0 saturated carbocycles. The van der Waals surface area contributed by atoms with E-state index in [-0.39, 0.29) is 10.6 Å². The second kappa shape index (κ2) is 5.21. The van der Waals surface area contributed by atoms with Crippen molar-refractivity contribution in [3.05, 3.63) is 24.0 Å². The monoisotopic (exact) mass is 312 g/mol. The Balaban J connectivity index is 3.06. The first-order valence-corrected chi connectivity index (χ1v) is 8.66. The molecule has 0 saturated heterocycles. The van der Waals surface area contributed by atoms with E-state index in [1.807, 2.05) is 0 Å². The summed E-state index contributed by atoms with van der Waals surface area (Å²) in [6.07, 6.45) is 1.10. The molecule has 1 heterocycles. The van der Waals surface area contributed by atoms with Gasteiger partial charge in [0.25, 0.3) is 5.91 Å². The normalized spacial score (nSPS) is 12.3. The Morgan fingerprint density at radius 1 is 1.28 bits per heavy atom. The molecule has 0 radical (unpaired) electrons. The summed E-state index contributed by atoms with van der Waals surface area (Å²) >= 11 is 0. The minimum absolute atomic E-state index is 0.218. The second-order valence-electron chi connectivity index (χ2n) is 3.30. The molecule has 100 valence electrons. The number of halogens is 1. The summed E-state index contributed by atoms with van der Waals surface area (Å²) in [5, 5.41) is 0. The zero-order chi connectivity index (χ0) is 14.0. The molecule has 7 nitrogen and oxygen atoms in total. The first-order valence-electron chi connectivity index (χ1n) is 4.53. The molecule has 0 aromatic carbocycles. The molecule has 0 fully saturated rings. The van der Waals surface area contributed by atoms with Crippen LogP contribution < -0.4 is 5.73 Å². The van der Waals surface area contributed by atoms with Gasteiger partial charge < -0.3 is 5.73 Å². The average Bonchev–Trinajstić information content (AvgIpc) is 2.26. The predicted molar refractivity (Wildman–Crippen MR) is 64.4 cm³/mol. The van der Waals surface area contributed by atoms with Gasteiger partial charge in [0.15, 0.2) is 9.84 Å². The van der Waals surface area contributed by atoms with Gasteiger partial charge in [0.2, 0.25) is 9.05 Å². The van der Waals surface area contributed by atoms with E-state index < -0.39 is 36.3 Å². The highest BCUT2D eigenvalue weighted by Crippen LogP contribution is 2.12. The Morgan fingerprint density at radius 3 is 2.39 bits per heavy atom. The van der Waals surface area contributed by atoms with Crippen LogP contribution in [0.1, 0.15) is 10.5 Å². The van der Waals surface area contributed by atoms with E-state index in [9.17, 15) is 21.6 Å². The minimum Gasteiger partial charge on any atom is -0.364 e. The molecule has 0 atom stereocenters. The van der Waals surface area contributed by atoms with Crippen LogP contribution in [0.15, 0.2) is 23.2 Å². The van der Waals surface area contributed by atoms with E-state index in [4.69, 9.17) is 16.4 Å². The molecule has 10 heteroatoms. The van der Waals surface area contributed by atoms with Crippen LogP contribution >= 0.6 is 10.7 Å². The van der Waals surface area contributed by atoms with Gasteiger partial charge in [-0.25, -0.2) is 16.8 Å². The van der Waals surface area contributed by atoms with Gasteiger partial charge in [-0.05, 0) is 12.1 Å². The van der Waals surface area contributed by atoms with E-state index in [2.05, 4.69) is 4.98 Å². The first-order chi connectivity index (χ1) is 8.12. The Kier molecular flexibility index (Phi) is 4.30. The number of primary amides is 1. The molecule has 1 amide bonds. The van der Waals surface area contributed by atoms with Crippen LogP contribution in [0.25, 0.3) is 0 Å². The number of aromatic nitrogens is 1. The van der Waals surface area contributed by atoms with Gasteiger partial charge in [-0.15, -0.1) is 0 Å². The third kappa shape index (κ3) is 4.24. The quantitative estimate of drug-likeness (QED) is 0.732. The lowest BCUT2D eigenvalue weighted by molar-refractivity contribution is 0.0995. The topological polar surface area (TPSA) is 124 Å². The maximum absolute atomic E-state index is 11.8. The molecule has 1 rings (SSSR count). The number of rotatable bonds is 5. The van der Waals surface area contributed by atoms with Crippen molar-refractivity contribution in [2.75, 3.05) is 11.5 Å². The SMILES string of the molecule is NC(=O)c1cc(S(=O)(=O)CCS(=O)(=O)Cl)ccn1. The van der Waals surface area contributed by atoms with Crippen LogP contribution in [-0.4, -0.2) is 39.2 Å². The zero-order valence-corrected chi connectivity index (χ0v) is 11.3. The smallest absolute Gasteiger partial charge is 0.267 e. The average molecular weight is 313 g/mol. The Morgan fingerprint density at radius 2 is 1.89 bits per heavy atom. The van der Waals surface area contributed by atoms with Crippen molar-refractivity contribution < 1.29 is 21.6 Å². The van der Waals surface area contributed by atoms with Gasteiger partial charge in [0, 0.05) is 16.9 Å². The van der Waals surface area contributed by atoms with Crippen LogP contribution in [-0.2, 0) is 18.9 Å². The van der Waals surface area contributed by atoms with Crippen LogP contribution in [0.3, 0.4) is 0 Å². The fraction of sp³-hybridized carbons (Fsp3) is 0.250. The van der Waals surface area contributed by atoms with Gasteiger partial charge in [-0.1, -0.05) is 0 Å². The second-order valence-corrected chi connectivity index (χ2v) is 8.31. The third-order valence-electron chi connectivity index (χ3n) is 1.94. The number of sulfone groups is 1. The van der Waals surface area contributed by atoms with Crippen molar-refractivity contribution in [1.82, 2.24) is 4.98 Å². The molecule has 0 bridgehead atoms. The number of carbonyl (C=O) groups excluding carboxylic acids is 1. The maximum Gasteiger partial charge on any atom is 0.267 e. The van der Waals surface area contributed by atoms with Crippen molar-refractivity contribution in [2.45, 2.75) is 4.90 Å². The van der Waals surface area contributed by atoms with Crippen LogP contribution in [0.5, 0.6) is 0 Å². The standard InChI is InChI=1S/C8H9ClN2O5S2/c9-18(15,16)4-3-17(13,14)6-1-2-11-7(5-6)8(10)12/h1-2,5H,3-4H2,(H2,10,12). The van der Waals surface area contributed by atoms with Crippen LogP contribution in [0.4, 0.5) is 0 Å². The van der Waals surface area contributed by atoms with Gasteiger partial charge in [-0.3, -0.25) is 9.78 Å². The molecule has 0 aliphatic carbocycles. The van der Waals surface area contributed by atoms with E-state index >= 15 is 0 Å². The summed E-state index contributed by atoms with van der Waals surface area (Å²) < 4.78 is 44.9. The fourth-order valence-corrected chi connectivity index (χ4v) is 4.10. The van der Waals surface area contributed by atoms with Gasteiger partial charge in [0.1, 0.15) is 5.69 Å². The van der Waals surface area contributed by atoms with E-state index in [1.165, 1.54) is 0 Å². The number of nitrogens with zero attached hydrogens (tertiary/aromatic N) is 1. The summed E-state index contributed by atoms with van der Waals surface area (Å²) in [5.74, 6) is -2.27. The van der Waals surface area contributed by atoms with Crippen LogP contribution in [0.2, 0.25) is 0 Å². The molecule has 18 heavy (non-hydrogen) atoms. The Labute approximate surface area is 108 Å². The molecule has 0 aliphatic heterocycles. The van der Waals surface area contributed by atoms with Gasteiger partial charge >= 0.3 is 0 Å². The van der Waals surface area contributed by atoms with E-state index in [1.54, 1.807) is 0 Å². The highest BCUT2D eigenvalue weighted by atomic mass is 35.7. The molecule has 1 aromatic heterocycles. The van der Waals surface area contributed by atoms with Crippen molar-refractivity contribution >= 4 is 35.5 Å². The zero-order valence-electron chi connectivity index (χ0n) is 8.91. The number of hydrogen-bond acceptors (Lipinski definition) is 6. The molecule has 0 aliphatic rings. The summed E-state index contributed by atoms with van der Waals surface area (Å²) in [6, 6.07) is 2.13. The van der Waals surface area contributed by atoms with E-state index in [0.29, 0.717) is 0 Å². The third-order valence-corrected chi connectivity index (χ3v) is 5.07. The van der Waals surface area contributed by atoms with Crippen molar-refractivity contribution in [3.63, 3.8) is 0 Å². The Hall–Kier alpha value is -1.19. The summed E-state index contributed by atoms with van der Waals surface area (Å²) in [4.78, 5) is 14.2. The fourth-order valence-electron chi connectivity index (χ4n) is 1.07. The van der Waals surface area contributed by atoms with Crippen molar-refractivity contribution in [1.29, 1.82) is 0 Å². The molecule has 2 N–H and O–H groups in total. The minimum atomic E-state index is -3.91. The lowest BCUT2D eigenvalue weighted by Gasteiger charge is -2.03. The molecule has 1 aromatic rings. The first kappa shape index (κ1) is 14.9. The summed E-state index contributed by atoms with van der Waals surface area (Å²) in [5.41, 5.74) is 4.74. The van der Waals surface area contributed by atoms with Gasteiger partial charge in [-0.2, -0.15) is 0 Å². The Bertz CT molecular complexity index is 668. The number of hydrogen-bond donors (Lipinski definition) is 1. The maximum atomic E-state index is 11.8. The lowest BCUT2D eigenvalue weighted by atomic mass is 10.3. The lowest BCUT2D eigenvalue weighted by Crippen LogP contribution is -2.17. The molecule has 0 unspecified atom stereocenters. The van der Waals surface area contributed by atoms with Crippen molar-refractivity contribution in [3.8, 4) is 0 Å². The number of amides is 1. The molecule has 0 spiro atoms. The van der Waals surface area contributed by atoms with E-state index in [0.717, 1.165) is 18.3 Å². The summed E-state index contributed by atoms with van der Waals surface area (Å²) in [7, 11) is -2.84. The molecular formula is C8H9ClN2O5S2. The van der Waals surface area contributed by atoms with Crippen molar-refractivity contribution in [2.24, 2.45) is 5.73 Å². The highest BCUT2D eigenvalue weighted by Gasteiger charge is 2.19. The molecular weight excluding hydrogens is 304 g/mol. The number of pyridine rings is 1. The highest BCUT2D eigenvalue weighted by molar-refractivity contribution is 8.14.